The van der Waals surface area contributed by atoms with E-state index in [4.69, 9.17) is 9.26 Å². The highest BCUT2D eigenvalue weighted by Gasteiger charge is 2.22. The SMILES string of the molecule is CN=C(NCc1cc(C(C)C)no1)NCC1Cc2ccccc2O1.I. The van der Waals surface area contributed by atoms with Gasteiger partial charge in [0.2, 0.25) is 0 Å². The van der Waals surface area contributed by atoms with Crippen molar-refractivity contribution in [2.75, 3.05) is 13.6 Å². The standard InChI is InChI=1S/C18H24N4O2.HI/c1-12(2)16-9-15(24-22-16)11-21-18(19-3)20-10-14-8-13-6-4-5-7-17(13)23-14;/h4-7,9,12,14H,8,10-11H2,1-3H3,(H2,19,20,21);1H. The molecule has 6 nitrogen and oxygen atoms in total. The molecule has 0 spiro atoms. The molecule has 0 saturated carbocycles. The van der Waals surface area contributed by atoms with Gasteiger partial charge in [-0.2, -0.15) is 0 Å². The molecule has 2 heterocycles. The predicted molar refractivity (Wildman–Crippen MR) is 109 cm³/mol. The van der Waals surface area contributed by atoms with E-state index >= 15 is 0 Å². The number of hydrogen-bond donors (Lipinski definition) is 2. The highest BCUT2D eigenvalue weighted by molar-refractivity contribution is 14.0. The summed E-state index contributed by atoms with van der Waals surface area (Å²) in [7, 11) is 1.75. The summed E-state index contributed by atoms with van der Waals surface area (Å²) in [5.41, 5.74) is 2.22. The maximum Gasteiger partial charge on any atom is 0.191 e. The third-order valence-electron chi connectivity index (χ3n) is 4.03. The Morgan fingerprint density at radius 3 is 2.80 bits per heavy atom. The Bertz CT molecular complexity index is 690. The van der Waals surface area contributed by atoms with E-state index in [-0.39, 0.29) is 30.1 Å². The molecule has 1 aliphatic rings. The average Bonchev–Trinajstić information content (AvgIpc) is 3.21. The van der Waals surface area contributed by atoms with Gasteiger partial charge in [0.25, 0.3) is 0 Å². The van der Waals surface area contributed by atoms with Crippen LogP contribution in [0.5, 0.6) is 5.75 Å². The number of benzene rings is 1. The molecule has 3 rings (SSSR count). The maximum atomic E-state index is 5.92. The number of rotatable bonds is 5. The Morgan fingerprint density at radius 2 is 2.12 bits per heavy atom. The second-order valence-electron chi connectivity index (χ2n) is 6.23. The van der Waals surface area contributed by atoms with Crippen molar-refractivity contribution in [2.24, 2.45) is 4.99 Å². The molecule has 25 heavy (non-hydrogen) atoms. The van der Waals surface area contributed by atoms with Crippen molar-refractivity contribution in [2.45, 2.75) is 38.8 Å². The monoisotopic (exact) mass is 456 g/mol. The summed E-state index contributed by atoms with van der Waals surface area (Å²) in [6, 6.07) is 10.1. The second-order valence-corrected chi connectivity index (χ2v) is 6.23. The van der Waals surface area contributed by atoms with Gasteiger partial charge in [0.15, 0.2) is 11.7 Å². The normalized spacial score (nSPS) is 16.2. The topological polar surface area (TPSA) is 71.7 Å². The predicted octanol–water partition coefficient (Wildman–Crippen LogP) is 3.08. The fraction of sp³-hybridized carbons (Fsp3) is 0.444. The molecule has 1 aromatic heterocycles. The first-order valence-electron chi connectivity index (χ1n) is 8.30. The molecule has 1 atom stereocenters. The number of nitrogens with zero attached hydrogens (tertiary/aromatic N) is 2. The number of para-hydroxylation sites is 1. The van der Waals surface area contributed by atoms with Gasteiger partial charge in [0, 0.05) is 19.5 Å². The molecule has 0 fully saturated rings. The van der Waals surface area contributed by atoms with Crippen LogP contribution in [0.2, 0.25) is 0 Å². The first-order valence-corrected chi connectivity index (χ1v) is 8.30. The Hall–Kier alpha value is -1.77. The molecular weight excluding hydrogens is 431 g/mol. The molecule has 2 N–H and O–H groups in total. The average molecular weight is 456 g/mol. The van der Waals surface area contributed by atoms with Gasteiger partial charge < -0.3 is 19.9 Å². The molecule has 0 radical (unpaired) electrons. The third-order valence-corrected chi connectivity index (χ3v) is 4.03. The van der Waals surface area contributed by atoms with Crippen LogP contribution in [0.15, 0.2) is 39.8 Å². The van der Waals surface area contributed by atoms with Gasteiger partial charge in [-0.25, -0.2) is 0 Å². The molecule has 0 saturated heterocycles. The van der Waals surface area contributed by atoms with Crippen LogP contribution in [0, 0.1) is 0 Å². The first kappa shape index (κ1) is 19.6. The minimum absolute atomic E-state index is 0. The minimum Gasteiger partial charge on any atom is -0.488 e. The number of fused-ring (bicyclic) bond motifs is 1. The van der Waals surface area contributed by atoms with Gasteiger partial charge in [-0.3, -0.25) is 4.99 Å². The number of aliphatic imine (C=N–C) groups is 1. The lowest BCUT2D eigenvalue weighted by atomic mass is 10.1. The van der Waals surface area contributed by atoms with Crippen molar-refractivity contribution >= 4 is 29.9 Å². The zero-order valence-corrected chi connectivity index (χ0v) is 17.1. The third kappa shape index (κ3) is 5.10. The van der Waals surface area contributed by atoms with Gasteiger partial charge in [-0.15, -0.1) is 24.0 Å². The van der Waals surface area contributed by atoms with E-state index in [9.17, 15) is 0 Å². The van der Waals surface area contributed by atoms with Gasteiger partial charge in [-0.1, -0.05) is 37.2 Å². The molecule has 1 aliphatic heterocycles. The van der Waals surface area contributed by atoms with Crippen molar-refractivity contribution in [3.05, 3.63) is 47.3 Å². The summed E-state index contributed by atoms with van der Waals surface area (Å²) >= 11 is 0. The van der Waals surface area contributed by atoms with Gasteiger partial charge in [0.1, 0.15) is 11.9 Å². The number of guanidine groups is 1. The Morgan fingerprint density at radius 1 is 1.32 bits per heavy atom. The van der Waals surface area contributed by atoms with Crippen molar-refractivity contribution in [3.63, 3.8) is 0 Å². The molecule has 1 unspecified atom stereocenters. The summed E-state index contributed by atoms with van der Waals surface area (Å²) in [6.45, 7) is 5.43. The van der Waals surface area contributed by atoms with E-state index in [1.807, 2.05) is 24.3 Å². The van der Waals surface area contributed by atoms with Gasteiger partial charge in [-0.05, 0) is 17.5 Å². The molecular formula is C18H25IN4O2. The lowest BCUT2D eigenvalue weighted by Gasteiger charge is -2.15. The van der Waals surface area contributed by atoms with Crippen molar-refractivity contribution < 1.29 is 9.26 Å². The molecule has 2 aromatic rings. The van der Waals surface area contributed by atoms with Crippen LogP contribution in [-0.2, 0) is 13.0 Å². The lowest BCUT2D eigenvalue weighted by Crippen LogP contribution is -2.41. The number of aromatic nitrogens is 1. The molecule has 1 aromatic carbocycles. The van der Waals surface area contributed by atoms with Crippen molar-refractivity contribution in [1.29, 1.82) is 0 Å². The largest absolute Gasteiger partial charge is 0.488 e. The minimum atomic E-state index is 0. The van der Waals surface area contributed by atoms with Crippen molar-refractivity contribution in [3.8, 4) is 5.75 Å². The van der Waals surface area contributed by atoms with Crippen LogP contribution in [0.1, 0.15) is 36.8 Å². The van der Waals surface area contributed by atoms with E-state index in [2.05, 4.69) is 40.7 Å². The molecule has 7 heteroatoms. The van der Waals surface area contributed by atoms with Crippen LogP contribution in [0.3, 0.4) is 0 Å². The highest BCUT2D eigenvalue weighted by atomic mass is 127. The van der Waals surface area contributed by atoms with E-state index in [0.717, 1.165) is 29.6 Å². The quantitative estimate of drug-likeness (QED) is 0.411. The van der Waals surface area contributed by atoms with Crippen LogP contribution >= 0.6 is 24.0 Å². The molecule has 0 bridgehead atoms. The van der Waals surface area contributed by atoms with Crippen LogP contribution in [0.25, 0.3) is 0 Å². The Balaban J connectivity index is 0.00000225. The van der Waals surface area contributed by atoms with Gasteiger partial charge >= 0.3 is 0 Å². The van der Waals surface area contributed by atoms with Crippen LogP contribution in [-0.4, -0.2) is 30.8 Å². The fourth-order valence-electron chi connectivity index (χ4n) is 2.65. The summed E-state index contributed by atoms with van der Waals surface area (Å²) < 4.78 is 11.2. The van der Waals surface area contributed by atoms with Crippen LogP contribution < -0.4 is 15.4 Å². The van der Waals surface area contributed by atoms with Crippen LogP contribution in [0.4, 0.5) is 0 Å². The number of ether oxygens (including phenoxy) is 1. The molecule has 136 valence electrons. The zero-order valence-electron chi connectivity index (χ0n) is 14.8. The molecule has 0 aliphatic carbocycles. The smallest absolute Gasteiger partial charge is 0.191 e. The summed E-state index contributed by atoms with van der Waals surface area (Å²) in [5.74, 6) is 2.86. The van der Waals surface area contributed by atoms with E-state index < -0.39 is 0 Å². The Kier molecular flexibility index (Phi) is 7.10. The summed E-state index contributed by atoms with van der Waals surface area (Å²) in [6.07, 6.45) is 1.04. The molecule has 0 amide bonds. The highest BCUT2D eigenvalue weighted by Crippen LogP contribution is 2.27. The summed E-state index contributed by atoms with van der Waals surface area (Å²) in [5, 5.41) is 10.6. The zero-order chi connectivity index (χ0) is 16.9. The maximum absolute atomic E-state index is 5.92. The van der Waals surface area contributed by atoms with Crippen molar-refractivity contribution in [1.82, 2.24) is 15.8 Å². The second kappa shape index (κ2) is 9.07. The van der Waals surface area contributed by atoms with E-state index in [0.29, 0.717) is 19.0 Å². The lowest BCUT2D eigenvalue weighted by molar-refractivity contribution is 0.235. The number of halogens is 1. The number of hydrogen-bond acceptors (Lipinski definition) is 4. The Labute approximate surface area is 165 Å². The fourth-order valence-corrected chi connectivity index (χ4v) is 2.65. The van der Waals surface area contributed by atoms with Gasteiger partial charge in [0.05, 0.1) is 18.8 Å². The first-order chi connectivity index (χ1) is 11.7. The number of nitrogens with one attached hydrogen (secondary N) is 2. The van der Waals surface area contributed by atoms with E-state index in [1.54, 1.807) is 7.05 Å². The summed E-state index contributed by atoms with van der Waals surface area (Å²) in [4.78, 5) is 4.23. The van der Waals surface area contributed by atoms with E-state index in [1.165, 1.54) is 5.56 Å².